The van der Waals surface area contributed by atoms with E-state index in [1.165, 1.54) is 0 Å². The zero-order valence-electron chi connectivity index (χ0n) is 14.8. The van der Waals surface area contributed by atoms with Crippen LogP contribution in [0.2, 0.25) is 5.02 Å². The van der Waals surface area contributed by atoms with Gasteiger partial charge in [0.25, 0.3) is 5.91 Å². The molecule has 5 nitrogen and oxygen atoms in total. The number of piperidine rings is 1. The summed E-state index contributed by atoms with van der Waals surface area (Å²) in [7, 11) is 0. The normalized spacial score (nSPS) is 15.3. The maximum Gasteiger partial charge on any atom is 0.272 e. The first kappa shape index (κ1) is 17.7. The number of rotatable bonds is 3. The number of aromatic nitrogens is 2. The highest BCUT2D eigenvalue weighted by Crippen LogP contribution is 2.24. The predicted molar refractivity (Wildman–Crippen MR) is 101 cm³/mol. The van der Waals surface area contributed by atoms with Crippen LogP contribution in [0.15, 0.2) is 24.3 Å². The summed E-state index contributed by atoms with van der Waals surface area (Å²) in [6, 6.07) is 7.34. The molecule has 0 saturated carbocycles. The first-order valence-corrected chi connectivity index (χ1v) is 8.98. The van der Waals surface area contributed by atoms with Crippen LogP contribution in [0, 0.1) is 19.8 Å². The van der Waals surface area contributed by atoms with Crippen molar-refractivity contribution in [3.05, 3.63) is 46.4 Å². The van der Waals surface area contributed by atoms with Gasteiger partial charge in [-0.3, -0.25) is 4.79 Å². The van der Waals surface area contributed by atoms with Crippen molar-refractivity contribution in [2.24, 2.45) is 5.92 Å². The summed E-state index contributed by atoms with van der Waals surface area (Å²) in [5, 5.41) is 3.96. The van der Waals surface area contributed by atoms with Gasteiger partial charge in [0.2, 0.25) is 0 Å². The van der Waals surface area contributed by atoms with E-state index < -0.39 is 0 Å². The monoisotopic (exact) mass is 358 g/mol. The molecule has 132 valence electrons. The van der Waals surface area contributed by atoms with Crippen LogP contribution < -0.4 is 5.32 Å². The Labute approximate surface area is 153 Å². The van der Waals surface area contributed by atoms with Crippen molar-refractivity contribution in [3.8, 4) is 0 Å². The molecule has 0 atom stereocenters. The summed E-state index contributed by atoms with van der Waals surface area (Å²) in [5.74, 6) is 1.85. The van der Waals surface area contributed by atoms with Crippen LogP contribution in [-0.4, -0.2) is 33.9 Å². The van der Waals surface area contributed by atoms with Crippen LogP contribution >= 0.6 is 11.6 Å². The fraction of sp³-hybridized carbons (Fsp3) is 0.421. The first-order valence-electron chi connectivity index (χ1n) is 8.60. The van der Waals surface area contributed by atoms with Crippen LogP contribution in [0.25, 0.3) is 0 Å². The van der Waals surface area contributed by atoms with E-state index in [9.17, 15) is 4.79 Å². The van der Waals surface area contributed by atoms with E-state index in [1.807, 2.05) is 30.0 Å². The maximum atomic E-state index is 12.8. The largest absolute Gasteiger partial charge is 0.340 e. The molecule has 1 saturated heterocycles. The molecular formula is C19H23ClN4O. The minimum atomic E-state index is -0.0201. The van der Waals surface area contributed by atoms with Gasteiger partial charge in [-0.05, 0) is 56.4 Å². The van der Waals surface area contributed by atoms with Crippen molar-refractivity contribution in [2.45, 2.75) is 33.6 Å². The number of benzene rings is 1. The first-order chi connectivity index (χ1) is 11.9. The lowest BCUT2D eigenvalue weighted by Gasteiger charge is -2.30. The minimum Gasteiger partial charge on any atom is -0.340 e. The molecule has 0 aliphatic carbocycles. The minimum absolute atomic E-state index is 0.0201. The topological polar surface area (TPSA) is 58.1 Å². The molecule has 1 amide bonds. The molecule has 1 aliphatic rings. The van der Waals surface area contributed by atoms with Crippen molar-refractivity contribution >= 4 is 29.0 Å². The standard InChI is InChI=1S/C19H23ClN4O/c1-12-6-8-24(9-7-12)19(25)17-11-18(22-14(3)21-17)23-16-5-4-15(20)10-13(16)2/h4-5,10-12H,6-9H2,1-3H3,(H,21,22,23). The maximum absolute atomic E-state index is 12.8. The van der Waals surface area contributed by atoms with Gasteiger partial charge in [0.05, 0.1) is 0 Å². The Morgan fingerprint density at radius 3 is 2.60 bits per heavy atom. The van der Waals surface area contributed by atoms with Gasteiger partial charge in [0, 0.05) is 29.9 Å². The number of hydrogen-bond donors (Lipinski definition) is 1. The Balaban J connectivity index is 1.81. The molecule has 3 rings (SSSR count). The summed E-state index contributed by atoms with van der Waals surface area (Å²) in [4.78, 5) is 23.4. The molecule has 0 radical (unpaired) electrons. The molecule has 1 aromatic heterocycles. The average Bonchev–Trinajstić information content (AvgIpc) is 2.57. The van der Waals surface area contributed by atoms with Gasteiger partial charge in [-0.1, -0.05) is 18.5 Å². The number of carbonyl (C=O) groups excluding carboxylic acids is 1. The molecule has 1 aromatic carbocycles. The SMILES string of the molecule is Cc1nc(Nc2ccc(Cl)cc2C)cc(C(=O)N2CCC(C)CC2)n1. The molecule has 0 bridgehead atoms. The summed E-state index contributed by atoms with van der Waals surface area (Å²) in [6.07, 6.45) is 2.09. The number of hydrogen-bond acceptors (Lipinski definition) is 4. The molecule has 1 aliphatic heterocycles. The molecular weight excluding hydrogens is 336 g/mol. The van der Waals surface area contributed by atoms with Gasteiger partial charge in [-0.2, -0.15) is 0 Å². The summed E-state index contributed by atoms with van der Waals surface area (Å²) in [6.45, 7) is 7.59. The van der Waals surface area contributed by atoms with Crippen LogP contribution in [0.4, 0.5) is 11.5 Å². The zero-order chi connectivity index (χ0) is 18.0. The second kappa shape index (κ2) is 7.40. The lowest BCUT2D eigenvalue weighted by Crippen LogP contribution is -2.38. The number of likely N-dealkylation sites (tertiary alicyclic amines) is 1. The molecule has 6 heteroatoms. The van der Waals surface area contributed by atoms with Crippen molar-refractivity contribution in [1.29, 1.82) is 0 Å². The van der Waals surface area contributed by atoms with E-state index in [0.29, 0.717) is 28.3 Å². The predicted octanol–water partition coefficient (Wildman–Crippen LogP) is 4.36. The number of halogens is 1. The lowest BCUT2D eigenvalue weighted by atomic mass is 9.99. The number of nitrogens with one attached hydrogen (secondary N) is 1. The van der Waals surface area contributed by atoms with Crippen LogP contribution in [0.1, 0.15) is 41.6 Å². The second-order valence-electron chi connectivity index (χ2n) is 6.74. The summed E-state index contributed by atoms with van der Waals surface area (Å²) in [5.41, 5.74) is 2.37. The third kappa shape index (κ3) is 4.28. The molecule has 1 fully saturated rings. The second-order valence-corrected chi connectivity index (χ2v) is 7.18. The zero-order valence-corrected chi connectivity index (χ0v) is 15.6. The quantitative estimate of drug-likeness (QED) is 0.885. The number of anilines is 2. The molecule has 2 aromatic rings. The van der Waals surface area contributed by atoms with Gasteiger partial charge in [0.1, 0.15) is 17.3 Å². The Bertz CT molecular complexity index is 785. The molecule has 25 heavy (non-hydrogen) atoms. The van der Waals surface area contributed by atoms with E-state index in [4.69, 9.17) is 11.6 Å². The van der Waals surface area contributed by atoms with Gasteiger partial charge in [0.15, 0.2) is 0 Å². The van der Waals surface area contributed by atoms with Gasteiger partial charge >= 0.3 is 0 Å². The van der Waals surface area contributed by atoms with E-state index in [1.54, 1.807) is 13.0 Å². The highest BCUT2D eigenvalue weighted by Gasteiger charge is 2.23. The summed E-state index contributed by atoms with van der Waals surface area (Å²) < 4.78 is 0. The van der Waals surface area contributed by atoms with E-state index in [2.05, 4.69) is 22.2 Å². The number of amides is 1. The van der Waals surface area contributed by atoms with Crippen molar-refractivity contribution in [3.63, 3.8) is 0 Å². The Morgan fingerprint density at radius 1 is 1.20 bits per heavy atom. The van der Waals surface area contributed by atoms with E-state index >= 15 is 0 Å². The summed E-state index contributed by atoms with van der Waals surface area (Å²) >= 11 is 6.00. The molecule has 0 spiro atoms. The lowest BCUT2D eigenvalue weighted by molar-refractivity contribution is 0.0691. The third-order valence-corrected chi connectivity index (χ3v) is 4.81. The molecule has 0 unspecified atom stereocenters. The highest BCUT2D eigenvalue weighted by atomic mass is 35.5. The Hall–Kier alpha value is -2.14. The Kier molecular flexibility index (Phi) is 5.23. The van der Waals surface area contributed by atoms with Crippen LogP contribution in [0.3, 0.4) is 0 Å². The van der Waals surface area contributed by atoms with Crippen LogP contribution in [-0.2, 0) is 0 Å². The van der Waals surface area contributed by atoms with E-state index in [-0.39, 0.29) is 5.91 Å². The van der Waals surface area contributed by atoms with Crippen molar-refractivity contribution in [2.75, 3.05) is 18.4 Å². The molecule has 2 heterocycles. The number of aryl methyl sites for hydroxylation is 2. The smallest absolute Gasteiger partial charge is 0.272 e. The fourth-order valence-corrected chi connectivity index (χ4v) is 3.25. The fourth-order valence-electron chi connectivity index (χ4n) is 3.02. The van der Waals surface area contributed by atoms with Crippen molar-refractivity contribution in [1.82, 2.24) is 14.9 Å². The van der Waals surface area contributed by atoms with Gasteiger partial charge in [-0.25, -0.2) is 9.97 Å². The van der Waals surface area contributed by atoms with E-state index in [0.717, 1.165) is 37.2 Å². The van der Waals surface area contributed by atoms with Gasteiger partial charge < -0.3 is 10.2 Å². The Morgan fingerprint density at radius 2 is 1.92 bits per heavy atom. The van der Waals surface area contributed by atoms with Crippen molar-refractivity contribution < 1.29 is 4.79 Å². The average molecular weight is 359 g/mol. The van der Waals surface area contributed by atoms with Crippen LogP contribution in [0.5, 0.6) is 0 Å². The number of carbonyl (C=O) groups is 1. The highest BCUT2D eigenvalue weighted by molar-refractivity contribution is 6.30. The molecule has 1 N–H and O–H groups in total. The van der Waals surface area contributed by atoms with Gasteiger partial charge in [-0.15, -0.1) is 0 Å². The third-order valence-electron chi connectivity index (χ3n) is 4.58. The number of nitrogens with zero attached hydrogens (tertiary/aromatic N) is 3.